The predicted octanol–water partition coefficient (Wildman–Crippen LogP) is 3.90. The molecule has 3 heteroatoms. The second-order valence-corrected chi connectivity index (χ2v) is 6.14. The first-order valence-electron chi connectivity index (χ1n) is 7.71. The van der Waals surface area contributed by atoms with E-state index in [-0.39, 0.29) is 0 Å². The molecule has 0 bridgehead atoms. The molecule has 2 saturated carbocycles. The number of carboxylic acid groups (broad SMARTS) is 1. The zero-order chi connectivity index (χ0) is 14.0. The fourth-order valence-electron chi connectivity index (χ4n) is 3.66. The summed E-state index contributed by atoms with van der Waals surface area (Å²) < 4.78 is 5.94. The molecule has 0 atom stereocenters. The predicted molar refractivity (Wildman–Crippen MR) is 77.1 cm³/mol. The van der Waals surface area contributed by atoms with Crippen LogP contribution in [0.3, 0.4) is 0 Å². The second kappa shape index (κ2) is 5.47. The quantitative estimate of drug-likeness (QED) is 0.905. The molecule has 2 aliphatic carbocycles. The molecule has 1 aromatic carbocycles. The summed E-state index contributed by atoms with van der Waals surface area (Å²) in [6.45, 7) is 0. The van der Waals surface area contributed by atoms with Crippen molar-refractivity contribution in [3.63, 3.8) is 0 Å². The number of carbonyl (C=O) groups is 1. The molecule has 0 amide bonds. The minimum atomic E-state index is -0.681. The van der Waals surface area contributed by atoms with Gasteiger partial charge in [-0.25, -0.2) is 0 Å². The van der Waals surface area contributed by atoms with Gasteiger partial charge in [0.1, 0.15) is 5.75 Å². The van der Waals surface area contributed by atoms with Crippen molar-refractivity contribution >= 4 is 5.97 Å². The number of benzene rings is 1. The number of hydrogen-bond acceptors (Lipinski definition) is 2. The van der Waals surface area contributed by atoms with Crippen molar-refractivity contribution in [1.82, 2.24) is 0 Å². The Balaban J connectivity index is 1.76. The van der Waals surface area contributed by atoms with E-state index in [9.17, 15) is 9.90 Å². The molecule has 2 aliphatic rings. The summed E-state index contributed by atoms with van der Waals surface area (Å²) in [5.74, 6) is 0.193. The first-order chi connectivity index (χ1) is 9.71. The van der Waals surface area contributed by atoms with Gasteiger partial charge in [0.05, 0.1) is 11.5 Å². The van der Waals surface area contributed by atoms with Crippen LogP contribution >= 0.6 is 0 Å². The molecule has 0 unspecified atom stereocenters. The van der Waals surface area contributed by atoms with Gasteiger partial charge in [-0.05, 0) is 56.2 Å². The summed E-state index contributed by atoms with van der Waals surface area (Å²) >= 11 is 0. The lowest BCUT2D eigenvalue weighted by Crippen LogP contribution is -2.32. The maximum absolute atomic E-state index is 11.7. The van der Waals surface area contributed by atoms with Crippen LogP contribution in [0.1, 0.15) is 56.9 Å². The van der Waals surface area contributed by atoms with Gasteiger partial charge in [-0.3, -0.25) is 4.79 Å². The molecule has 1 aromatic rings. The van der Waals surface area contributed by atoms with Gasteiger partial charge >= 0.3 is 5.97 Å². The van der Waals surface area contributed by atoms with Gasteiger partial charge in [0.2, 0.25) is 0 Å². The number of carboxylic acids is 1. The van der Waals surface area contributed by atoms with Crippen molar-refractivity contribution < 1.29 is 14.6 Å². The average Bonchev–Trinajstić information content (AvgIpc) is 3.10. The molecule has 0 spiro atoms. The van der Waals surface area contributed by atoms with Gasteiger partial charge in [-0.15, -0.1) is 0 Å². The third-order valence-corrected chi connectivity index (χ3v) is 4.88. The summed E-state index contributed by atoms with van der Waals surface area (Å²) in [6, 6.07) is 7.78. The molecular weight excluding hydrogens is 252 g/mol. The van der Waals surface area contributed by atoms with Gasteiger partial charge in [0, 0.05) is 0 Å². The van der Waals surface area contributed by atoms with E-state index in [0.29, 0.717) is 6.10 Å². The summed E-state index contributed by atoms with van der Waals surface area (Å²) in [5.41, 5.74) is 0.271. The topological polar surface area (TPSA) is 46.5 Å². The van der Waals surface area contributed by atoms with E-state index in [1.807, 2.05) is 24.3 Å². The second-order valence-electron chi connectivity index (χ2n) is 6.14. The average molecular weight is 274 g/mol. The minimum Gasteiger partial charge on any atom is -0.490 e. The van der Waals surface area contributed by atoms with Crippen LogP contribution in [-0.2, 0) is 10.2 Å². The smallest absolute Gasteiger partial charge is 0.314 e. The standard InChI is InChI=1S/C17H22O3/c18-16(19)17(11-3-4-12-17)13-7-9-15(10-8-13)20-14-5-1-2-6-14/h7-10,14H,1-6,11-12H2,(H,18,19). The molecule has 0 radical (unpaired) electrons. The van der Waals surface area contributed by atoms with Gasteiger partial charge in [-0.1, -0.05) is 25.0 Å². The zero-order valence-corrected chi connectivity index (χ0v) is 11.8. The number of ether oxygens (including phenoxy) is 1. The highest BCUT2D eigenvalue weighted by atomic mass is 16.5. The monoisotopic (exact) mass is 274 g/mol. The fraction of sp³-hybridized carbons (Fsp3) is 0.588. The van der Waals surface area contributed by atoms with Crippen LogP contribution in [0, 0.1) is 0 Å². The van der Waals surface area contributed by atoms with Crippen molar-refractivity contribution in [2.75, 3.05) is 0 Å². The van der Waals surface area contributed by atoms with Crippen LogP contribution in [-0.4, -0.2) is 17.2 Å². The lowest BCUT2D eigenvalue weighted by Gasteiger charge is -2.24. The minimum absolute atomic E-state index is 0.348. The maximum atomic E-state index is 11.7. The van der Waals surface area contributed by atoms with E-state index in [1.54, 1.807) is 0 Å². The van der Waals surface area contributed by atoms with Gasteiger partial charge in [-0.2, -0.15) is 0 Å². The first kappa shape index (κ1) is 13.5. The summed E-state index contributed by atoms with van der Waals surface area (Å²) in [4.78, 5) is 11.7. The SMILES string of the molecule is O=C(O)C1(c2ccc(OC3CCCC3)cc2)CCCC1. The molecule has 3 rings (SSSR count). The molecule has 1 N–H and O–H groups in total. The van der Waals surface area contributed by atoms with Crippen LogP contribution in [0.25, 0.3) is 0 Å². The van der Waals surface area contributed by atoms with Crippen molar-refractivity contribution in [3.8, 4) is 5.75 Å². The van der Waals surface area contributed by atoms with Crippen molar-refractivity contribution in [2.45, 2.75) is 62.9 Å². The van der Waals surface area contributed by atoms with Crippen LogP contribution < -0.4 is 4.74 Å². The Morgan fingerprint density at radius 3 is 2.20 bits per heavy atom. The molecule has 0 saturated heterocycles. The normalized spacial score (nSPS) is 22.0. The van der Waals surface area contributed by atoms with Crippen LogP contribution in [0.4, 0.5) is 0 Å². The van der Waals surface area contributed by atoms with E-state index in [1.165, 1.54) is 12.8 Å². The molecule has 108 valence electrons. The Labute approximate surface area is 120 Å². The molecular formula is C17H22O3. The van der Waals surface area contributed by atoms with Gasteiger partial charge in [0.25, 0.3) is 0 Å². The third kappa shape index (κ3) is 2.41. The largest absolute Gasteiger partial charge is 0.490 e. The molecule has 0 aromatic heterocycles. The molecule has 2 fully saturated rings. The van der Waals surface area contributed by atoms with E-state index in [0.717, 1.165) is 49.8 Å². The Morgan fingerprint density at radius 1 is 1.05 bits per heavy atom. The summed E-state index contributed by atoms with van der Waals surface area (Å²) in [5, 5.41) is 9.59. The van der Waals surface area contributed by atoms with Crippen LogP contribution in [0.15, 0.2) is 24.3 Å². The number of hydrogen-bond donors (Lipinski definition) is 1. The molecule has 0 aliphatic heterocycles. The van der Waals surface area contributed by atoms with Crippen LogP contribution in [0.2, 0.25) is 0 Å². The summed E-state index contributed by atoms with van der Waals surface area (Å²) in [7, 11) is 0. The lowest BCUT2D eigenvalue weighted by molar-refractivity contribution is -0.143. The van der Waals surface area contributed by atoms with Crippen molar-refractivity contribution in [1.29, 1.82) is 0 Å². The van der Waals surface area contributed by atoms with Crippen molar-refractivity contribution in [2.24, 2.45) is 0 Å². The van der Waals surface area contributed by atoms with E-state index in [2.05, 4.69) is 0 Å². The fourth-order valence-corrected chi connectivity index (χ4v) is 3.66. The maximum Gasteiger partial charge on any atom is 0.314 e. The molecule has 0 heterocycles. The highest BCUT2D eigenvalue weighted by Crippen LogP contribution is 2.41. The Bertz CT molecular complexity index is 466. The first-order valence-corrected chi connectivity index (χ1v) is 7.71. The van der Waals surface area contributed by atoms with E-state index < -0.39 is 11.4 Å². The third-order valence-electron chi connectivity index (χ3n) is 4.88. The Kier molecular flexibility index (Phi) is 3.68. The Morgan fingerprint density at radius 2 is 1.65 bits per heavy atom. The van der Waals surface area contributed by atoms with Crippen molar-refractivity contribution in [3.05, 3.63) is 29.8 Å². The molecule has 3 nitrogen and oxygen atoms in total. The highest BCUT2D eigenvalue weighted by Gasteiger charge is 2.42. The Hall–Kier alpha value is -1.51. The van der Waals surface area contributed by atoms with Crippen LogP contribution in [0.5, 0.6) is 5.75 Å². The molecule has 20 heavy (non-hydrogen) atoms. The van der Waals surface area contributed by atoms with Gasteiger partial charge < -0.3 is 9.84 Å². The van der Waals surface area contributed by atoms with E-state index in [4.69, 9.17) is 4.74 Å². The van der Waals surface area contributed by atoms with Gasteiger partial charge in [0.15, 0.2) is 0 Å². The summed E-state index contributed by atoms with van der Waals surface area (Å²) in [6.07, 6.45) is 8.66. The highest BCUT2D eigenvalue weighted by molar-refractivity contribution is 5.81. The zero-order valence-electron chi connectivity index (χ0n) is 11.8. The number of rotatable bonds is 4. The lowest BCUT2D eigenvalue weighted by atomic mass is 9.79. The number of aliphatic carboxylic acids is 1. The van der Waals surface area contributed by atoms with E-state index >= 15 is 0 Å².